The molecule has 0 aromatic heterocycles. The summed E-state index contributed by atoms with van der Waals surface area (Å²) >= 11 is 3.50. The van der Waals surface area contributed by atoms with Gasteiger partial charge in [0.2, 0.25) is 0 Å². The zero-order chi connectivity index (χ0) is 14.5. The van der Waals surface area contributed by atoms with E-state index in [0.29, 0.717) is 6.61 Å². The van der Waals surface area contributed by atoms with Crippen LogP contribution < -0.4 is 10.1 Å². The molecule has 0 unspecified atom stereocenters. The lowest BCUT2D eigenvalue weighted by Gasteiger charge is -2.12. The van der Waals surface area contributed by atoms with Crippen LogP contribution in [-0.4, -0.2) is 7.05 Å². The Hall–Kier alpha value is -1.32. The number of benzene rings is 2. The van der Waals surface area contributed by atoms with E-state index in [-0.39, 0.29) is 0 Å². The van der Waals surface area contributed by atoms with Gasteiger partial charge in [-0.15, -0.1) is 0 Å². The van der Waals surface area contributed by atoms with Crippen LogP contribution in [0.25, 0.3) is 0 Å². The lowest BCUT2D eigenvalue weighted by atomic mass is 10.1. The van der Waals surface area contributed by atoms with Crippen molar-refractivity contribution in [2.24, 2.45) is 0 Å². The summed E-state index contributed by atoms with van der Waals surface area (Å²) < 4.78 is 7.05. The van der Waals surface area contributed by atoms with Crippen LogP contribution in [0.3, 0.4) is 0 Å². The molecule has 0 aliphatic carbocycles. The first kappa shape index (κ1) is 15.1. The molecule has 0 spiro atoms. The minimum atomic E-state index is 0.598. The van der Waals surface area contributed by atoms with E-state index in [1.165, 1.54) is 16.7 Å². The third kappa shape index (κ3) is 4.09. The molecule has 3 heteroatoms. The van der Waals surface area contributed by atoms with Crippen LogP contribution in [0.2, 0.25) is 0 Å². The second-order valence-corrected chi connectivity index (χ2v) is 5.98. The second-order valence-electron chi connectivity index (χ2n) is 5.07. The Kier molecular flexibility index (Phi) is 5.21. The zero-order valence-electron chi connectivity index (χ0n) is 12.2. The Bertz CT molecular complexity index is 575. The molecule has 2 nitrogen and oxygen atoms in total. The Morgan fingerprint density at radius 3 is 2.40 bits per heavy atom. The Morgan fingerprint density at radius 2 is 1.75 bits per heavy atom. The van der Waals surface area contributed by atoms with E-state index in [9.17, 15) is 0 Å². The van der Waals surface area contributed by atoms with E-state index < -0.39 is 0 Å². The molecule has 0 saturated carbocycles. The number of rotatable bonds is 5. The Labute approximate surface area is 129 Å². The zero-order valence-corrected chi connectivity index (χ0v) is 13.8. The van der Waals surface area contributed by atoms with E-state index >= 15 is 0 Å². The van der Waals surface area contributed by atoms with Crippen LogP contribution in [0.5, 0.6) is 5.75 Å². The highest BCUT2D eigenvalue weighted by Gasteiger charge is 2.05. The van der Waals surface area contributed by atoms with Crippen LogP contribution in [0.15, 0.2) is 40.9 Å². The predicted molar refractivity (Wildman–Crippen MR) is 87.2 cm³/mol. The van der Waals surface area contributed by atoms with Gasteiger partial charge in [-0.1, -0.05) is 45.3 Å². The maximum atomic E-state index is 5.98. The van der Waals surface area contributed by atoms with Crippen molar-refractivity contribution in [2.45, 2.75) is 27.0 Å². The summed E-state index contributed by atoms with van der Waals surface area (Å²) in [5.74, 6) is 0.932. The highest BCUT2D eigenvalue weighted by Crippen LogP contribution is 2.24. The Balaban J connectivity index is 2.13. The molecule has 2 aromatic carbocycles. The van der Waals surface area contributed by atoms with Crippen LogP contribution in [0.4, 0.5) is 0 Å². The average molecular weight is 334 g/mol. The number of hydrogen-bond donors (Lipinski definition) is 1. The first-order chi connectivity index (χ1) is 9.58. The minimum absolute atomic E-state index is 0.598. The molecule has 0 atom stereocenters. The van der Waals surface area contributed by atoms with E-state index in [4.69, 9.17) is 4.74 Å². The molecular weight excluding hydrogens is 314 g/mol. The number of aryl methyl sites for hydroxylation is 2. The first-order valence-corrected chi connectivity index (χ1v) is 7.51. The van der Waals surface area contributed by atoms with Crippen molar-refractivity contribution in [3.05, 3.63) is 63.1 Å². The maximum Gasteiger partial charge on any atom is 0.124 e. The van der Waals surface area contributed by atoms with Crippen LogP contribution in [0, 0.1) is 13.8 Å². The number of halogens is 1. The standard InChI is InChI=1S/C17H20BrNO/c1-12-6-13(2)8-14(7-12)11-20-17-5-4-16(18)9-15(17)10-19-3/h4-9,19H,10-11H2,1-3H3. The summed E-state index contributed by atoms with van der Waals surface area (Å²) in [6, 6.07) is 12.6. The van der Waals surface area contributed by atoms with Gasteiger partial charge in [-0.05, 0) is 44.7 Å². The fourth-order valence-corrected chi connectivity index (χ4v) is 2.74. The van der Waals surface area contributed by atoms with Crippen molar-refractivity contribution >= 4 is 15.9 Å². The minimum Gasteiger partial charge on any atom is -0.489 e. The SMILES string of the molecule is CNCc1cc(Br)ccc1OCc1cc(C)cc(C)c1. The van der Waals surface area contributed by atoms with Gasteiger partial charge in [0.15, 0.2) is 0 Å². The molecular formula is C17H20BrNO. The molecule has 0 amide bonds. The average Bonchev–Trinajstić information content (AvgIpc) is 2.37. The molecule has 0 heterocycles. The van der Waals surface area contributed by atoms with Gasteiger partial charge in [-0.3, -0.25) is 0 Å². The van der Waals surface area contributed by atoms with Crippen molar-refractivity contribution in [1.82, 2.24) is 5.32 Å². The summed E-state index contributed by atoms with van der Waals surface area (Å²) in [7, 11) is 1.94. The smallest absolute Gasteiger partial charge is 0.124 e. The van der Waals surface area contributed by atoms with Gasteiger partial charge in [-0.2, -0.15) is 0 Å². The van der Waals surface area contributed by atoms with Crippen molar-refractivity contribution in [2.75, 3.05) is 7.05 Å². The number of nitrogens with one attached hydrogen (secondary N) is 1. The summed E-state index contributed by atoms with van der Waals surface area (Å²) in [5.41, 5.74) is 4.91. The monoisotopic (exact) mass is 333 g/mol. The van der Waals surface area contributed by atoms with Gasteiger partial charge in [-0.25, -0.2) is 0 Å². The van der Waals surface area contributed by atoms with E-state index in [0.717, 1.165) is 22.3 Å². The van der Waals surface area contributed by atoms with E-state index in [1.807, 2.05) is 19.2 Å². The summed E-state index contributed by atoms with van der Waals surface area (Å²) in [6.07, 6.45) is 0. The molecule has 0 bridgehead atoms. The molecule has 0 aliphatic heterocycles. The molecule has 2 aromatic rings. The second kappa shape index (κ2) is 6.91. The van der Waals surface area contributed by atoms with Crippen molar-refractivity contribution < 1.29 is 4.74 Å². The quantitative estimate of drug-likeness (QED) is 0.877. The van der Waals surface area contributed by atoms with Gasteiger partial charge in [0.25, 0.3) is 0 Å². The fourth-order valence-electron chi connectivity index (χ4n) is 2.33. The molecule has 0 fully saturated rings. The van der Waals surface area contributed by atoms with Crippen molar-refractivity contribution in [1.29, 1.82) is 0 Å². The van der Waals surface area contributed by atoms with Crippen LogP contribution in [-0.2, 0) is 13.2 Å². The van der Waals surface area contributed by atoms with Gasteiger partial charge >= 0.3 is 0 Å². The predicted octanol–water partition coefficient (Wildman–Crippen LogP) is 4.36. The third-order valence-corrected chi connectivity index (χ3v) is 3.56. The molecule has 0 saturated heterocycles. The molecule has 0 radical (unpaired) electrons. The van der Waals surface area contributed by atoms with Crippen LogP contribution >= 0.6 is 15.9 Å². The summed E-state index contributed by atoms with van der Waals surface area (Å²) in [6.45, 7) is 5.62. The van der Waals surface area contributed by atoms with Gasteiger partial charge < -0.3 is 10.1 Å². The molecule has 0 aliphatic rings. The molecule has 1 N–H and O–H groups in total. The highest BCUT2D eigenvalue weighted by atomic mass is 79.9. The van der Waals surface area contributed by atoms with E-state index in [1.54, 1.807) is 0 Å². The molecule has 2 rings (SSSR count). The maximum absolute atomic E-state index is 5.98. The molecule has 106 valence electrons. The fraction of sp³-hybridized carbons (Fsp3) is 0.294. The van der Waals surface area contributed by atoms with Gasteiger partial charge in [0.1, 0.15) is 12.4 Å². The van der Waals surface area contributed by atoms with Crippen molar-refractivity contribution in [3.8, 4) is 5.75 Å². The van der Waals surface area contributed by atoms with Crippen molar-refractivity contribution in [3.63, 3.8) is 0 Å². The highest BCUT2D eigenvalue weighted by molar-refractivity contribution is 9.10. The van der Waals surface area contributed by atoms with Gasteiger partial charge in [0.05, 0.1) is 0 Å². The van der Waals surface area contributed by atoms with E-state index in [2.05, 4.69) is 59.4 Å². The molecule has 20 heavy (non-hydrogen) atoms. The summed E-state index contributed by atoms with van der Waals surface area (Å²) in [5, 5.41) is 3.17. The summed E-state index contributed by atoms with van der Waals surface area (Å²) in [4.78, 5) is 0. The third-order valence-electron chi connectivity index (χ3n) is 3.07. The van der Waals surface area contributed by atoms with Crippen LogP contribution in [0.1, 0.15) is 22.3 Å². The lowest BCUT2D eigenvalue weighted by molar-refractivity contribution is 0.302. The van der Waals surface area contributed by atoms with Gasteiger partial charge in [0, 0.05) is 16.6 Å². The lowest BCUT2D eigenvalue weighted by Crippen LogP contribution is -2.07. The largest absolute Gasteiger partial charge is 0.489 e. The Morgan fingerprint density at radius 1 is 1.05 bits per heavy atom. The number of hydrogen-bond acceptors (Lipinski definition) is 2. The normalized spacial score (nSPS) is 10.6. The number of ether oxygens (including phenoxy) is 1. The topological polar surface area (TPSA) is 21.3 Å². The first-order valence-electron chi connectivity index (χ1n) is 6.71.